The van der Waals surface area contributed by atoms with Gasteiger partial charge in [-0.1, -0.05) is 38.5 Å². The Balaban J connectivity index is 1.06. The Morgan fingerprint density at radius 2 is 0.674 bits per heavy atom. The first kappa shape index (κ1) is 28.4. The quantitative estimate of drug-likeness (QED) is 0.224. The van der Waals surface area contributed by atoms with E-state index >= 15 is 0 Å². The van der Waals surface area contributed by atoms with Gasteiger partial charge in [0.05, 0.1) is 49.3 Å². The minimum atomic E-state index is -0.0239. The maximum absolute atomic E-state index is 11.6. The number of hydrogen-bond donors (Lipinski definition) is 8. The molecule has 240 valence electrons. The van der Waals surface area contributed by atoms with Crippen molar-refractivity contribution in [3.8, 4) is 0 Å². The van der Waals surface area contributed by atoms with Crippen LogP contribution in [0.4, 0.5) is 0 Å². The SMILES string of the molecule is O=COC1CCCC2C3NC4NC(NC5NC(NC6NC(NC(N3)C12)C1CCCCC61)C1CCCCC51)C1CCCCC41. The second-order valence-electron chi connectivity index (χ2n) is 15.9. The predicted molar refractivity (Wildman–Crippen MR) is 164 cm³/mol. The van der Waals surface area contributed by atoms with Gasteiger partial charge < -0.3 is 4.74 Å². The maximum atomic E-state index is 11.6. The monoisotopic (exact) mass is 596 g/mol. The summed E-state index contributed by atoms with van der Waals surface area (Å²) in [4.78, 5) is 11.6. The summed E-state index contributed by atoms with van der Waals surface area (Å²) in [5.41, 5.74) is 0. The zero-order chi connectivity index (χ0) is 28.5. The van der Waals surface area contributed by atoms with Crippen LogP contribution in [0.2, 0.25) is 0 Å². The molecule has 17 unspecified atom stereocenters. The summed E-state index contributed by atoms with van der Waals surface area (Å²) in [6.07, 6.45) is 21.5. The van der Waals surface area contributed by atoms with Crippen molar-refractivity contribution in [2.75, 3.05) is 0 Å². The van der Waals surface area contributed by atoms with Crippen molar-refractivity contribution in [3.63, 3.8) is 0 Å². The van der Waals surface area contributed by atoms with Gasteiger partial charge in [-0.05, 0) is 99.2 Å². The molecule has 9 aliphatic rings. The largest absolute Gasteiger partial charge is 0.464 e. The Morgan fingerprint density at radius 3 is 1.02 bits per heavy atom. The van der Waals surface area contributed by atoms with Gasteiger partial charge in [0.1, 0.15) is 6.10 Å². The van der Waals surface area contributed by atoms with Crippen LogP contribution in [-0.2, 0) is 9.53 Å². The minimum Gasteiger partial charge on any atom is -0.464 e. The highest BCUT2D eigenvalue weighted by molar-refractivity contribution is 5.37. The molecular weight excluding hydrogens is 540 g/mol. The topological polar surface area (TPSA) is 123 Å². The number of rotatable bonds is 2. The fourth-order valence-electron chi connectivity index (χ4n) is 12.2. The number of nitrogens with one attached hydrogen (secondary N) is 8. The Morgan fingerprint density at radius 1 is 0.372 bits per heavy atom. The minimum absolute atomic E-state index is 0.0239. The van der Waals surface area contributed by atoms with Gasteiger partial charge in [-0.3, -0.25) is 47.3 Å². The van der Waals surface area contributed by atoms with E-state index in [1.165, 1.54) is 83.5 Å². The smallest absolute Gasteiger partial charge is 0.293 e. The fourth-order valence-corrected chi connectivity index (χ4v) is 12.2. The molecule has 17 atom stereocenters. The van der Waals surface area contributed by atoms with Gasteiger partial charge in [-0.25, -0.2) is 0 Å². The first-order chi connectivity index (χ1) is 21.2. The zero-order valence-electron chi connectivity index (χ0n) is 25.8. The highest BCUT2D eigenvalue weighted by atomic mass is 16.5. The van der Waals surface area contributed by atoms with Crippen LogP contribution >= 0.6 is 0 Å². The fraction of sp³-hybridized carbons (Fsp3) is 0.970. The van der Waals surface area contributed by atoms with Crippen molar-refractivity contribution in [2.24, 2.45) is 47.3 Å². The van der Waals surface area contributed by atoms with Crippen molar-refractivity contribution in [1.82, 2.24) is 42.5 Å². The average Bonchev–Trinajstić information content (AvgIpc) is 3.77. The Labute approximate surface area is 257 Å². The third kappa shape index (κ3) is 4.93. The molecule has 0 aromatic rings. The summed E-state index contributed by atoms with van der Waals surface area (Å²) in [6, 6.07) is 0. The molecular formula is C33H56N8O2. The molecule has 0 aromatic carbocycles. The van der Waals surface area contributed by atoms with Crippen molar-refractivity contribution in [2.45, 2.75) is 152 Å². The second-order valence-corrected chi connectivity index (χ2v) is 15.9. The summed E-state index contributed by atoms with van der Waals surface area (Å²) in [5, 5.41) is 33.3. The summed E-state index contributed by atoms with van der Waals surface area (Å²) >= 11 is 0. The van der Waals surface area contributed by atoms with Crippen molar-refractivity contribution in [1.29, 1.82) is 0 Å². The highest BCUT2D eigenvalue weighted by Gasteiger charge is 2.55. The van der Waals surface area contributed by atoms with Crippen LogP contribution < -0.4 is 42.5 Å². The van der Waals surface area contributed by atoms with Crippen LogP contribution in [0, 0.1) is 47.3 Å². The van der Waals surface area contributed by atoms with Crippen LogP contribution in [0.25, 0.3) is 0 Å². The second kappa shape index (κ2) is 11.7. The van der Waals surface area contributed by atoms with Gasteiger partial charge in [0.15, 0.2) is 0 Å². The number of ether oxygens (including phenoxy) is 1. The molecule has 10 nitrogen and oxygen atoms in total. The van der Waals surface area contributed by atoms with Crippen LogP contribution in [0.1, 0.15) is 96.3 Å². The predicted octanol–water partition coefficient (Wildman–Crippen LogP) is 1.76. The molecule has 0 aromatic heterocycles. The van der Waals surface area contributed by atoms with Gasteiger partial charge in [-0.15, -0.1) is 0 Å². The van der Waals surface area contributed by atoms with Gasteiger partial charge in [-0.2, -0.15) is 0 Å². The van der Waals surface area contributed by atoms with Crippen LogP contribution in [0.15, 0.2) is 0 Å². The number of fused-ring (bicyclic) bond motifs is 20. The molecule has 9 fully saturated rings. The van der Waals surface area contributed by atoms with E-state index in [9.17, 15) is 4.79 Å². The molecule has 5 heterocycles. The molecule has 4 saturated carbocycles. The van der Waals surface area contributed by atoms with Gasteiger partial charge in [0, 0.05) is 5.92 Å². The van der Waals surface area contributed by atoms with E-state index < -0.39 is 0 Å². The lowest BCUT2D eigenvalue weighted by atomic mass is 9.75. The van der Waals surface area contributed by atoms with E-state index in [-0.39, 0.29) is 30.5 Å². The number of hydrogen-bond acceptors (Lipinski definition) is 10. The molecule has 10 heteroatoms. The lowest BCUT2D eigenvalue weighted by Gasteiger charge is -2.38. The molecule has 5 saturated heterocycles. The van der Waals surface area contributed by atoms with E-state index in [1.807, 2.05) is 0 Å². The molecule has 9 rings (SSSR count). The molecule has 8 N–H and O–H groups in total. The van der Waals surface area contributed by atoms with Crippen LogP contribution in [0.5, 0.6) is 0 Å². The van der Waals surface area contributed by atoms with Crippen molar-refractivity contribution in [3.05, 3.63) is 0 Å². The van der Waals surface area contributed by atoms with E-state index in [4.69, 9.17) is 4.74 Å². The molecule has 0 radical (unpaired) electrons. The molecule has 0 amide bonds. The lowest BCUT2D eigenvalue weighted by Crippen LogP contribution is -2.62. The summed E-state index contributed by atoms with van der Waals surface area (Å²) in [5.74, 6) is 4.71. The van der Waals surface area contributed by atoms with E-state index in [0.717, 1.165) is 12.8 Å². The standard InChI is InChI=1S/C33H56N8O2/c42-16-43-24-15-7-14-23-25(24)33-40-31-22-13-6-5-12-21(22)29(38-31)36-27-18-9-2-1-8-17(18)26(34-27)35-28-19-10-3-4-11-20(19)30(37-28)39-32(23)41-33/h16-41H,1-15H2. The molecule has 5 aliphatic heterocycles. The number of carbonyl (C=O) groups excluding carboxylic acids is 1. The lowest BCUT2D eigenvalue weighted by molar-refractivity contribution is -0.139. The molecule has 0 spiro atoms. The Kier molecular flexibility index (Phi) is 7.75. The third-order valence-electron chi connectivity index (χ3n) is 14.1. The first-order valence-electron chi connectivity index (χ1n) is 18.4. The summed E-state index contributed by atoms with van der Waals surface area (Å²) in [6.45, 7) is 0.702. The van der Waals surface area contributed by atoms with Gasteiger partial charge >= 0.3 is 0 Å². The van der Waals surface area contributed by atoms with Crippen molar-refractivity contribution < 1.29 is 9.53 Å². The van der Waals surface area contributed by atoms with Crippen LogP contribution in [-0.4, -0.2) is 61.9 Å². The van der Waals surface area contributed by atoms with E-state index in [0.29, 0.717) is 78.7 Å². The summed E-state index contributed by atoms with van der Waals surface area (Å²) < 4.78 is 5.83. The van der Waals surface area contributed by atoms with Gasteiger partial charge in [0.25, 0.3) is 6.47 Å². The maximum Gasteiger partial charge on any atom is 0.293 e. The Hall–Kier alpha value is -0.850. The molecule has 8 bridgehead atoms. The number of carbonyl (C=O) groups is 1. The Bertz CT molecular complexity index is 1020. The zero-order valence-corrected chi connectivity index (χ0v) is 25.8. The van der Waals surface area contributed by atoms with Gasteiger partial charge in [0.2, 0.25) is 0 Å². The van der Waals surface area contributed by atoms with Crippen molar-refractivity contribution >= 4 is 6.47 Å². The molecule has 4 aliphatic carbocycles. The summed E-state index contributed by atoms with van der Waals surface area (Å²) in [7, 11) is 0. The third-order valence-corrected chi connectivity index (χ3v) is 14.1. The first-order valence-corrected chi connectivity index (χ1v) is 18.4. The normalized spacial score (nSPS) is 56.0. The molecule has 43 heavy (non-hydrogen) atoms. The highest BCUT2D eigenvalue weighted by Crippen LogP contribution is 2.46. The van der Waals surface area contributed by atoms with Crippen LogP contribution in [0.3, 0.4) is 0 Å². The van der Waals surface area contributed by atoms with E-state index in [2.05, 4.69) is 42.5 Å². The van der Waals surface area contributed by atoms with E-state index in [1.54, 1.807) is 0 Å². The average molecular weight is 597 g/mol.